The first-order valence-corrected chi connectivity index (χ1v) is 3.38. The van der Waals surface area contributed by atoms with Crippen molar-refractivity contribution < 1.29 is 22.7 Å². The van der Waals surface area contributed by atoms with Crippen molar-refractivity contribution >= 4 is 0 Å². The molecule has 1 aromatic rings. The smallest absolute Gasteiger partial charge is 0.419 e. The summed E-state index contributed by atoms with van der Waals surface area (Å²) in [7, 11) is 0. The van der Waals surface area contributed by atoms with Gasteiger partial charge in [-0.3, -0.25) is 0 Å². The first-order chi connectivity index (χ1) is 5.82. The van der Waals surface area contributed by atoms with Crippen LogP contribution in [0.4, 0.5) is 17.6 Å². The largest absolute Gasteiger partial charge is 0.508 e. The molecular weight excluding hydrogens is 188 g/mol. The zero-order valence-corrected chi connectivity index (χ0v) is 6.61. The number of aromatic hydroxyl groups is 1. The minimum absolute atomic E-state index is 0.229. The molecule has 0 unspecified atom stereocenters. The number of aryl methyl sites for hydroxylation is 1. The molecule has 5 heteroatoms. The highest BCUT2D eigenvalue weighted by molar-refractivity contribution is 5.35. The SMILES string of the molecule is Cc1cc(O)cc(C(F)(F)F)c1F. The summed E-state index contributed by atoms with van der Waals surface area (Å²) in [5, 5.41) is 8.82. The van der Waals surface area contributed by atoms with E-state index in [2.05, 4.69) is 0 Å². The van der Waals surface area contributed by atoms with E-state index in [1.54, 1.807) is 0 Å². The van der Waals surface area contributed by atoms with Gasteiger partial charge < -0.3 is 5.11 Å². The van der Waals surface area contributed by atoms with Crippen molar-refractivity contribution in [2.45, 2.75) is 13.1 Å². The average molecular weight is 194 g/mol. The second-order valence-corrected chi connectivity index (χ2v) is 2.62. The Morgan fingerprint density at radius 2 is 1.77 bits per heavy atom. The van der Waals surface area contributed by atoms with Crippen LogP contribution in [0.5, 0.6) is 5.75 Å². The number of phenolic OH excluding ortho intramolecular Hbond substituents is 1. The molecule has 72 valence electrons. The van der Waals surface area contributed by atoms with E-state index in [-0.39, 0.29) is 5.56 Å². The lowest BCUT2D eigenvalue weighted by atomic mass is 10.1. The summed E-state index contributed by atoms with van der Waals surface area (Å²) in [5.41, 5.74) is -1.67. The van der Waals surface area contributed by atoms with Gasteiger partial charge in [0.05, 0.1) is 5.56 Å². The molecule has 0 atom stereocenters. The second-order valence-electron chi connectivity index (χ2n) is 2.62. The molecule has 0 saturated heterocycles. The van der Waals surface area contributed by atoms with Gasteiger partial charge in [-0.2, -0.15) is 13.2 Å². The van der Waals surface area contributed by atoms with E-state index in [1.165, 1.54) is 0 Å². The Kier molecular flexibility index (Phi) is 2.19. The Labute approximate surface area is 71.6 Å². The van der Waals surface area contributed by atoms with Gasteiger partial charge in [-0.15, -0.1) is 0 Å². The molecule has 1 rings (SSSR count). The van der Waals surface area contributed by atoms with Crippen LogP contribution in [-0.4, -0.2) is 5.11 Å². The van der Waals surface area contributed by atoms with Gasteiger partial charge in [-0.05, 0) is 24.6 Å². The Morgan fingerprint density at radius 1 is 1.23 bits per heavy atom. The van der Waals surface area contributed by atoms with Crippen LogP contribution >= 0.6 is 0 Å². The van der Waals surface area contributed by atoms with Crippen LogP contribution in [0, 0.1) is 12.7 Å². The van der Waals surface area contributed by atoms with Crippen LogP contribution in [-0.2, 0) is 6.18 Å². The van der Waals surface area contributed by atoms with Crippen LogP contribution in [0.25, 0.3) is 0 Å². The molecular formula is C8H6F4O. The fraction of sp³-hybridized carbons (Fsp3) is 0.250. The molecule has 0 spiro atoms. The lowest BCUT2D eigenvalue weighted by Crippen LogP contribution is -2.08. The average Bonchev–Trinajstić information content (AvgIpc) is 1.94. The van der Waals surface area contributed by atoms with Crippen LogP contribution in [0.3, 0.4) is 0 Å². The maximum Gasteiger partial charge on any atom is 0.419 e. The third-order valence-electron chi connectivity index (χ3n) is 1.54. The van der Waals surface area contributed by atoms with Gasteiger partial charge in [0.25, 0.3) is 0 Å². The Hall–Kier alpha value is -1.26. The van der Waals surface area contributed by atoms with E-state index in [0.717, 1.165) is 13.0 Å². The van der Waals surface area contributed by atoms with Crippen molar-refractivity contribution in [3.05, 3.63) is 29.1 Å². The lowest BCUT2D eigenvalue weighted by Gasteiger charge is -2.09. The molecule has 0 radical (unpaired) electrons. The molecule has 0 fully saturated rings. The highest BCUT2D eigenvalue weighted by Gasteiger charge is 2.35. The molecule has 0 saturated carbocycles. The monoisotopic (exact) mass is 194 g/mol. The molecule has 1 aromatic carbocycles. The summed E-state index contributed by atoms with van der Waals surface area (Å²) in [5.74, 6) is -1.93. The molecule has 0 aliphatic rings. The van der Waals surface area contributed by atoms with Gasteiger partial charge in [-0.25, -0.2) is 4.39 Å². The van der Waals surface area contributed by atoms with Crippen LogP contribution in [0.15, 0.2) is 12.1 Å². The zero-order valence-electron chi connectivity index (χ0n) is 6.61. The van der Waals surface area contributed by atoms with Crippen molar-refractivity contribution in [2.24, 2.45) is 0 Å². The molecule has 1 nitrogen and oxygen atoms in total. The number of phenols is 1. The Balaban J connectivity index is 3.37. The maximum absolute atomic E-state index is 12.8. The molecule has 13 heavy (non-hydrogen) atoms. The fourth-order valence-electron chi connectivity index (χ4n) is 0.957. The van der Waals surface area contributed by atoms with E-state index in [0.29, 0.717) is 6.07 Å². The van der Waals surface area contributed by atoms with Crippen molar-refractivity contribution in [2.75, 3.05) is 0 Å². The van der Waals surface area contributed by atoms with Crippen LogP contribution in [0.2, 0.25) is 0 Å². The van der Waals surface area contributed by atoms with Crippen LogP contribution in [0.1, 0.15) is 11.1 Å². The zero-order chi connectivity index (χ0) is 10.2. The topological polar surface area (TPSA) is 20.2 Å². The summed E-state index contributed by atoms with van der Waals surface area (Å²) in [4.78, 5) is 0. The predicted octanol–water partition coefficient (Wildman–Crippen LogP) is 2.86. The number of rotatable bonds is 0. The highest BCUT2D eigenvalue weighted by atomic mass is 19.4. The summed E-state index contributed by atoms with van der Waals surface area (Å²) in [6, 6.07) is 1.30. The van der Waals surface area contributed by atoms with Gasteiger partial charge in [0.15, 0.2) is 0 Å². The number of hydrogen-bond donors (Lipinski definition) is 1. The molecule has 0 amide bonds. The normalized spacial score (nSPS) is 11.8. The fourth-order valence-corrected chi connectivity index (χ4v) is 0.957. The molecule has 0 heterocycles. The van der Waals surface area contributed by atoms with Crippen molar-refractivity contribution in [3.8, 4) is 5.75 Å². The van der Waals surface area contributed by atoms with Crippen molar-refractivity contribution in [3.63, 3.8) is 0 Å². The van der Waals surface area contributed by atoms with Crippen molar-refractivity contribution in [1.29, 1.82) is 0 Å². The van der Waals surface area contributed by atoms with Gasteiger partial charge in [0, 0.05) is 0 Å². The van der Waals surface area contributed by atoms with E-state index in [1.807, 2.05) is 0 Å². The molecule has 1 N–H and O–H groups in total. The minimum Gasteiger partial charge on any atom is -0.508 e. The van der Waals surface area contributed by atoms with Gasteiger partial charge >= 0.3 is 6.18 Å². The summed E-state index contributed by atoms with van der Waals surface area (Å²) in [6.45, 7) is 1.16. The van der Waals surface area contributed by atoms with Crippen LogP contribution < -0.4 is 0 Å². The number of alkyl halides is 3. The van der Waals surface area contributed by atoms with E-state index in [9.17, 15) is 17.6 Å². The third kappa shape index (κ3) is 1.91. The van der Waals surface area contributed by atoms with Gasteiger partial charge in [0.2, 0.25) is 0 Å². The quantitative estimate of drug-likeness (QED) is 0.629. The molecule has 0 aliphatic heterocycles. The Morgan fingerprint density at radius 3 is 2.23 bits per heavy atom. The van der Waals surface area contributed by atoms with E-state index < -0.39 is 23.3 Å². The first kappa shape index (κ1) is 9.83. The Bertz CT molecular complexity index is 330. The summed E-state index contributed by atoms with van der Waals surface area (Å²) >= 11 is 0. The molecule has 0 aliphatic carbocycles. The predicted molar refractivity (Wildman–Crippen MR) is 37.8 cm³/mol. The maximum atomic E-state index is 12.8. The second kappa shape index (κ2) is 2.90. The van der Waals surface area contributed by atoms with E-state index >= 15 is 0 Å². The molecule has 0 bridgehead atoms. The van der Waals surface area contributed by atoms with Gasteiger partial charge in [-0.1, -0.05) is 0 Å². The molecule has 0 aromatic heterocycles. The third-order valence-corrected chi connectivity index (χ3v) is 1.54. The van der Waals surface area contributed by atoms with Gasteiger partial charge in [0.1, 0.15) is 11.6 Å². The van der Waals surface area contributed by atoms with E-state index in [4.69, 9.17) is 5.11 Å². The lowest BCUT2D eigenvalue weighted by molar-refractivity contribution is -0.140. The number of hydrogen-bond acceptors (Lipinski definition) is 1. The standard InChI is InChI=1S/C8H6F4O/c1-4-2-5(13)3-6(7(4)9)8(10,11)12/h2-3,13H,1H3. The summed E-state index contributed by atoms with van der Waals surface area (Å²) < 4.78 is 49.0. The minimum atomic E-state index is -4.77. The number of benzene rings is 1. The van der Waals surface area contributed by atoms with Crippen molar-refractivity contribution in [1.82, 2.24) is 0 Å². The number of halogens is 4. The summed E-state index contributed by atoms with van der Waals surface area (Å²) in [6.07, 6.45) is -4.77. The first-order valence-electron chi connectivity index (χ1n) is 3.38. The highest BCUT2D eigenvalue weighted by Crippen LogP contribution is 2.34.